The molecule has 0 spiro atoms. The van der Waals surface area contributed by atoms with E-state index < -0.39 is 14.9 Å². The van der Waals surface area contributed by atoms with Gasteiger partial charge in [-0.1, -0.05) is 12.2 Å². The van der Waals surface area contributed by atoms with Gasteiger partial charge in [0.25, 0.3) is 5.69 Å². The van der Waals surface area contributed by atoms with Gasteiger partial charge in [0.15, 0.2) is 0 Å². The van der Waals surface area contributed by atoms with Crippen LogP contribution in [0.25, 0.3) is 0 Å². The molecule has 0 heterocycles. The molecule has 22 heavy (non-hydrogen) atoms. The van der Waals surface area contributed by atoms with Gasteiger partial charge in [0, 0.05) is 17.7 Å². The maximum Gasteiger partial charge on any atom is 0.295 e. The fourth-order valence-corrected chi connectivity index (χ4v) is 3.26. The molecule has 8 nitrogen and oxygen atoms in total. The lowest BCUT2D eigenvalue weighted by molar-refractivity contribution is -0.384. The number of hydrogen-bond donors (Lipinski definition) is 2. The number of nitrogens with zero attached hydrogens (tertiary/aromatic N) is 2. The molecule has 0 aromatic heterocycles. The van der Waals surface area contributed by atoms with Gasteiger partial charge in [0.05, 0.1) is 9.82 Å². The van der Waals surface area contributed by atoms with Crippen LogP contribution in [0.4, 0.5) is 11.4 Å². The van der Waals surface area contributed by atoms with Crippen LogP contribution in [0.1, 0.15) is 12.8 Å². The normalized spacial score (nSPS) is 24.9. The lowest BCUT2D eigenvalue weighted by atomic mass is 9.74. The number of hydrogen-bond acceptors (Lipinski definition) is 6. The summed E-state index contributed by atoms with van der Waals surface area (Å²) in [5.74, 6) is 0.913. The molecule has 0 bridgehead atoms. The van der Waals surface area contributed by atoms with Crippen molar-refractivity contribution in [3.05, 3.63) is 40.5 Å². The second kappa shape index (κ2) is 5.18. The monoisotopic (exact) mass is 322 g/mol. The topological polar surface area (TPSA) is 128 Å². The lowest BCUT2D eigenvalue weighted by Crippen LogP contribution is -2.33. The van der Waals surface area contributed by atoms with Crippen LogP contribution < -0.4 is 10.6 Å². The summed E-state index contributed by atoms with van der Waals surface area (Å²) in [6, 6.07) is 3.44. The summed E-state index contributed by atoms with van der Waals surface area (Å²) in [6.07, 6.45) is 6.06. The number of nitro groups is 1. The maximum absolute atomic E-state index is 11.3. The van der Waals surface area contributed by atoms with Crippen molar-refractivity contribution in [3.8, 4) is 0 Å². The van der Waals surface area contributed by atoms with E-state index in [4.69, 9.17) is 5.14 Å². The highest BCUT2D eigenvalue weighted by Gasteiger charge is 2.38. The first kappa shape index (κ1) is 14.7. The summed E-state index contributed by atoms with van der Waals surface area (Å²) in [5.41, 5.74) is 3.40. The van der Waals surface area contributed by atoms with Gasteiger partial charge in [0.1, 0.15) is 5.69 Å². The van der Waals surface area contributed by atoms with Crippen LogP contribution in [-0.2, 0) is 10.0 Å². The highest BCUT2D eigenvalue weighted by Crippen LogP contribution is 2.40. The molecule has 1 fully saturated rings. The van der Waals surface area contributed by atoms with E-state index in [0.717, 1.165) is 24.6 Å². The molecule has 3 rings (SSSR count). The van der Waals surface area contributed by atoms with Gasteiger partial charge in [-0.25, -0.2) is 13.6 Å². The Morgan fingerprint density at radius 2 is 2.18 bits per heavy atom. The second-order valence-corrected chi connectivity index (χ2v) is 6.90. The number of nitro benzene ring substituents is 1. The van der Waals surface area contributed by atoms with Gasteiger partial charge in [0.2, 0.25) is 10.0 Å². The zero-order chi connectivity index (χ0) is 15.9. The first-order chi connectivity index (χ1) is 10.4. The minimum Gasteiger partial charge on any atom is -0.272 e. The van der Waals surface area contributed by atoms with Crippen molar-refractivity contribution >= 4 is 27.1 Å². The molecule has 0 saturated heterocycles. The van der Waals surface area contributed by atoms with E-state index in [1.165, 1.54) is 12.1 Å². The van der Waals surface area contributed by atoms with Crippen molar-refractivity contribution in [1.29, 1.82) is 0 Å². The van der Waals surface area contributed by atoms with Crippen LogP contribution in [0, 0.1) is 22.0 Å². The van der Waals surface area contributed by atoms with Crippen LogP contribution in [-0.4, -0.2) is 19.1 Å². The van der Waals surface area contributed by atoms with Crippen LogP contribution >= 0.6 is 0 Å². The molecule has 1 aromatic carbocycles. The molecule has 0 amide bonds. The van der Waals surface area contributed by atoms with E-state index in [0.29, 0.717) is 11.8 Å². The molecule has 1 saturated carbocycles. The number of fused-ring (bicyclic) bond motifs is 1. The molecule has 1 aromatic rings. The average molecular weight is 322 g/mol. The Labute approximate surface area is 126 Å². The van der Waals surface area contributed by atoms with E-state index in [9.17, 15) is 18.5 Å². The van der Waals surface area contributed by atoms with E-state index in [1.54, 1.807) is 0 Å². The van der Waals surface area contributed by atoms with E-state index in [-0.39, 0.29) is 16.3 Å². The Morgan fingerprint density at radius 1 is 1.41 bits per heavy atom. The number of benzene rings is 1. The number of nitrogens with one attached hydrogen (secondary N) is 1. The molecule has 0 radical (unpaired) electrons. The molecule has 2 aliphatic carbocycles. The van der Waals surface area contributed by atoms with Gasteiger partial charge in [-0.2, -0.15) is 5.10 Å². The Bertz CT molecular complexity index is 800. The van der Waals surface area contributed by atoms with Gasteiger partial charge in [-0.3, -0.25) is 15.5 Å². The van der Waals surface area contributed by atoms with Gasteiger partial charge < -0.3 is 0 Å². The minimum absolute atomic E-state index is 0.138. The first-order valence-electron chi connectivity index (χ1n) is 6.66. The number of sulfonamides is 1. The highest BCUT2D eigenvalue weighted by molar-refractivity contribution is 7.89. The van der Waals surface area contributed by atoms with Gasteiger partial charge in [-0.05, 0) is 30.9 Å². The summed E-state index contributed by atoms with van der Waals surface area (Å²) in [5, 5.41) is 20.3. The Balaban J connectivity index is 1.84. The third-order valence-corrected chi connectivity index (χ3v) is 4.89. The third kappa shape index (κ3) is 2.60. The average Bonchev–Trinajstić information content (AvgIpc) is 2.79. The molecule has 116 valence electrons. The van der Waals surface area contributed by atoms with Gasteiger partial charge in [-0.15, -0.1) is 0 Å². The number of primary sulfonamides is 1. The van der Waals surface area contributed by atoms with Crippen molar-refractivity contribution in [2.45, 2.75) is 17.7 Å². The standard InChI is InChI=1S/C13H14N4O4S/c14-22(20,21)9-4-5-11(13(7-9)17(18)19)15-16-12-6-8-2-1-3-10(8)12/h1-2,4-5,7-8,10,15H,3,6H2,(H2,14,20,21)/b16-12-/t8-,10-/m1/s1. The summed E-state index contributed by atoms with van der Waals surface area (Å²) in [6.45, 7) is 0. The molecule has 0 aliphatic heterocycles. The lowest BCUT2D eigenvalue weighted by Gasteiger charge is -2.31. The fourth-order valence-electron chi connectivity index (χ4n) is 2.73. The summed E-state index contributed by atoms with van der Waals surface area (Å²) in [7, 11) is -3.99. The zero-order valence-corrected chi connectivity index (χ0v) is 12.3. The minimum atomic E-state index is -3.99. The van der Waals surface area contributed by atoms with Crippen molar-refractivity contribution in [3.63, 3.8) is 0 Å². The number of hydrazone groups is 1. The number of anilines is 1. The number of nitrogens with two attached hydrogens (primary N) is 1. The summed E-state index contributed by atoms with van der Waals surface area (Å²) < 4.78 is 22.5. The fraction of sp³-hybridized carbons (Fsp3) is 0.308. The maximum atomic E-state index is 11.3. The van der Waals surface area contributed by atoms with Crippen LogP contribution in [0.3, 0.4) is 0 Å². The summed E-state index contributed by atoms with van der Waals surface area (Å²) in [4.78, 5) is 10.1. The van der Waals surface area contributed by atoms with Gasteiger partial charge >= 0.3 is 0 Å². The molecular weight excluding hydrogens is 308 g/mol. The Hall–Kier alpha value is -2.26. The molecule has 0 unspecified atom stereocenters. The Morgan fingerprint density at radius 3 is 2.82 bits per heavy atom. The number of rotatable bonds is 4. The van der Waals surface area contributed by atoms with E-state index in [2.05, 4.69) is 22.7 Å². The summed E-state index contributed by atoms with van der Waals surface area (Å²) >= 11 is 0. The molecular formula is C13H14N4O4S. The van der Waals surface area contributed by atoms with Crippen molar-refractivity contribution < 1.29 is 13.3 Å². The van der Waals surface area contributed by atoms with Crippen LogP contribution in [0.2, 0.25) is 0 Å². The van der Waals surface area contributed by atoms with E-state index in [1.807, 2.05) is 0 Å². The molecule has 2 aliphatic rings. The molecule has 9 heteroatoms. The molecule has 2 atom stereocenters. The van der Waals surface area contributed by atoms with Crippen molar-refractivity contribution in [2.24, 2.45) is 22.1 Å². The SMILES string of the molecule is NS(=O)(=O)c1ccc(N/N=C2/C[C@H]3C=CC[C@@H]23)c([N+](=O)[O-])c1. The first-order valence-corrected chi connectivity index (χ1v) is 8.21. The quantitative estimate of drug-likeness (QED) is 0.494. The van der Waals surface area contributed by atoms with Crippen LogP contribution in [0.15, 0.2) is 40.3 Å². The highest BCUT2D eigenvalue weighted by atomic mass is 32.2. The number of allylic oxidation sites excluding steroid dienone is 2. The van der Waals surface area contributed by atoms with Crippen molar-refractivity contribution in [2.75, 3.05) is 5.43 Å². The predicted octanol–water partition coefficient (Wildman–Crippen LogP) is 1.61. The second-order valence-electron chi connectivity index (χ2n) is 5.33. The largest absolute Gasteiger partial charge is 0.295 e. The molecule has 3 N–H and O–H groups in total. The third-order valence-electron chi connectivity index (χ3n) is 3.98. The van der Waals surface area contributed by atoms with Crippen molar-refractivity contribution in [1.82, 2.24) is 0 Å². The zero-order valence-electron chi connectivity index (χ0n) is 11.5. The smallest absolute Gasteiger partial charge is 0.272 e. The van der Waals surface area contributed by atoms with Crippen LogP contribution in [0.5, 0.6) is 0 Å². The predicted molar refractivity (Wildman–Crippen MR) is 80.9 cm³/mol. The Kier molecular flexibility index (Phi) is 3.45. The van der Waals surface area contributed by atoms with E-state index >= 15 is 0 Å².